The van der Waals surface area contributed by atoms with Crippen molar-refractivity contribution in [3.05, 3.63) is 34.9 Å². The third-order valence-electron chi connectivity index (χ3n) is 6.88. The second kappa shape index (κ2) is 8.82. The Bertz CT molecular complexity index is 1390. The molecule has 0 aromatic carbocycles. The Morgan fingerprint density at radius 2 is 2.20 bits per heavy atom. The molecule has 0 bridgehead atoms. The molecule has 0 spiro atoms. The zero-order valence-corrected chi connectivity index (χ0v) is 20.1. The fourth-order valence-electron chi connectivity index (χ4n) is 4.88. The molecule has 3 aromatic heterocycles. The molecular weight excluding hydrogens is 448 g/mol. The standard InChI is InChI=1S/C25H28N6O4/c1-4-35-22-10-20(29-31(24(22)33)25(3)5-6-34-14-25)19-13-30(17-7-16(8-17)11-26)21-12-27-23(9-18(19)21)28-15(2)32/h9-10,12-13,16-17H,4-8,14H2,1-3H3,(H,27,28,32). The number of nitrogens with zero attached hydrogens (tertiary/aromatic N) is 5. The van der Waals surface area contributed by atoms with E-state index >= 15 is 0 Å². The van der Waals surface area contributed by atoms with Crippen LogP contribution in [-0.4, -0.2) is 45.1 Å². The van der Waals surface area contributed by atoms with Gasteiger partial charge in [-0.2, -0.15) is 10.4 Å². The number of ether oxygens (including phenoxy) is 2. The van der Waals surface area contributed by atoms with Gasteiger partial charge in [0, 0.05) is 42.8 Å². The van der Waals surface area contributed by atoms with Gasteiger partial charge in [-0.3, -0.25) is 9.59 Å². The van der Waals surface area contributed by atoms with E-state index in [2.05, 4.69) is 20.9 Å². The van der Waals surface area contributed by atoms with Crippen molar-refractivity contribution in [2.75, 3.05) is 25.1 Å². The number of carbonyl (C=O) groups excluding carboxylic acids is 1. The second-order valence-electron chi connectivity index (χ2n) is 9.51. The van der Waals surface area contributed by atoms with Gasteiger partial charge in [0.05, 0.1) is 48.1 Å². The SMILES string of the molecule is CCOc1cc(-c2cn(C3CC(C#N)C3)c3cnc(NC(C)=O)cc23)nn(C2(C)CCOC2)c1=O. The number of rotatable bonds is 6. The molecule has 2 aliphatic rings. The number of nitrogens with one attached hydrogen (secondary N) is 1. The van der Waals surface area contributed by atoms with E-state index in [4.69, 9.17) is 14.6 Å². The van der Waals surface area contributed by atoms with Gasteiger partial charge in [0.1, 0.15) is 5.82 Å². The van der Waals surface area contributed by atoms with Crippen LogP contribution in [0.25, 0.3) is 22.2 Å². The normalized spacial score (nSPS) is 23.6. The van der Waals surface area contributed by atoms with Crippen LogP contribution in [0.5, 0.6) is 5.75 Å². The van der Waals surface area contributed by atoms with Crippen molar-refractivity contribution in [3.8, 4) is 23.1 Å². The topological polar surface area (TPSA) is 124 Å². The molecule has 1 atom stereocenters. The van der Waals surface area contributed by atoms with Crippen molar-refractivity contribution < 1.29 is 14.3 Å². The highest BCUT2D eigenvalue weighted by Crippen LogP contribution is 2.42. The van der Waals surface area contributed by atoms with E-state index in [1.165, 1.54) is 11.6 Å². The first-order valence-electron chi connectivity index (χ1n) is 11.9. The van der Waals surface area contributed by atoms with Gasteiger partial charge in [0.2, 0.25) is 5.91 Å². The molecular formula is C25H28N6O4. The zero-order valence-electron chi connectivity index (χ0n) is 20.1. The predicted octanol–water partition coefficient (Wildman–Crippen LogP) is 3.23. The van der Waals surface area contributed by atoms with Gasteiger partial charge in [-0.1, -0.05) is 0 Å². The molecule has 1 aliphatic heterocycles. The van der Waals surface area contributed by atoms with Crippen molar-refractivity contribution in [2.24, 2.45) is 5.92 Å². The summed E-state index contributed by atoms with van der Waals surface area (Å²) in [5.74, 6) is 0.491. The van der Waals surface area contributed by atoms with Crippen LogP contribution < -0.4 is 15.6 Å². The summed E-state index contributed by atoms with van der Waals surface area (Å²) in [4.78, 5) is 29.3. The molecule has 1 N–H and O–H groups in total. The summed E-state index contributed by atoms with van der Waals surface area (Å²) in [6.07, 6.45) is 5.93. The summed E-state index contributed by atoms with van der Waals surface area (Å²) in [7, 11) is 0. The van der Waals surface area contributed by atoms with Gasteiger partial charge in [0.25, 0.3) is 0 Å². The van der Waals surface area contributed by atoms with E-state index in [0.717, 1.165) is 29.3 Å². The van der Waals surface area contributed by atoms with Gasteiger partial charge < -0.3 is 19.4 Å². The molecule has 1 amide bonds. The number of hydrogen-bond donors (Lipinski definition) is 1. The van der Waals surface area contributed by atoms with E-state index in [1.807, 2.05) is 26.1 Å². The zero-order chi connectivity index (χ0) is 24.7. The van der Waals surface area contributed by atoms with Gasteiger partial charge in [-0.25, -0.2) is 9.67 Å². The van der Waals surface area contributed by atoms with Crippen LogP contribution >= 0.6 is 0 Å². The summed E-state index contributed by atoms with van der Waals surface area (Å²) >= 11 is 0. The quantitative estimate of drug-likeness (QED) is 0.579. The lowest BCUT2D eigenvalue weighted by Crippen LogP contribution is -2.41. The number of nitriles is 1. The molecule has 2 fully saturated rings. The number of amides is 1. The fraction of sp³-hybridized carbons (Fsp3) is 0.480. The summed E-state index contributed by atoms with van der Waals surface area (Å²) in [5, 5.41) is 17.6. The molecule has 4 heterocycles. The van der Waals surface area contributed by atoms with Crippen LogP contribution in [0.3, 0.4) is 0 Å². The third-order valence-corrected chi connectivity index (χ3v) is 6.88. The maximum absolute atomic E-state index is 13.2. The number of anilines is 1. The maximum atomic E-state index is 13.2. The Hall–Kier alpha value is -3.71. The lowest BCUT2D eigenvalue weighted by molar-refractivity contribution is -0.114. The summed E-state index contributed by atoms with van der Waals surface area (Å²) in [5.41, 5.74) is 1.40. The largest absolute Gasteiger partial charge is 0.488 e. The number of aromatic nitrogens is 4. The molecule has 0 radical (unpaired) electrons. The first-order chi connectivity index (χ1) is 16.8. The van der Waals surface area contributed by atoms with Crippen LogP contribution in [0.2, 0.25) is 0 Å². The Balaban J connectivity index is 1.70. The van der Waals surface area contributed by atoms with Crippen LogP contribution in [0.1, 0.15) is 46.1 Å². The van der Waals surface area contributed by atoms with Crippen LogP contribution in [0.15, 0.2) is 29.3 Å². The molecule has 10 heteroatoms. The van der Waals surface area contributed by atoms with E-state index in [0.29, 0.717) is 37.8 Å². The average Bonchev–Trinajstić information content (AvgIpc) is 3.39. The fourth-order valence-corrected chi connectivity index (χ4v) is 4.88. The van der Waals surface area contributed by atoms with Crippen molar-refractivity contribution in [2.45, 2.75) is 51.6 Å². The van der Waals surface area contributed by atoms with Crippen molar-refractivity contribution in [3.63, 3.8) is 0 Å². The first-order valence-corrected chi connectivity index (χ1v) is 11.9. The third kappa shape index (κ3) is 4.06. The van der Waals surface area contributed by atoms with E-state index in [-0.39, 0.29) is 29.2 Å². The Morgan fingerprint density at radius 1 is 1.40 bits per heavy atom. The van der Waals surface area contributed by atoms with Gasteiger partial charge in [-0.15, -0.1) is 0 Å². The minimum atomic E-state index is -0.575. The molecule has 10 nitrogen and oxygen atoms in total. The molecule has 5 rings (SSSR count). The van der Waals surface area contributed by atoms with Crippen molar-refractivity contribution in [1.29, 1.82) is 5.26 Å². The van der Waals surface area contributed by atoms with Crippen LogP contribution in [-0.2, 0) is 15.1 Å². The molecule has 3 aromatic rings. The number of pyridine rings is 1. The molecule has 1 unspecified atom stereocenters. The highest BCUT2D eigenvalue weighted by atomic mass is 16.5. The highest BCUT2D eigenvalue weighted by molar-refractivity contribution is 5.98. The van der Waals surface area contributed by atoms with E-state index in [1.54, 1.807) is 12.3 Å². The predicted molar refractivity (Wildman–Crippen MR) is 129 cm³/mol. The van der Waals surface area contributed by atoms with Crippen molar-refractivity contribution >= 4 is 22.6 Å². The Labute approximate surface area is 202 Å². The monoisotopic (exact) mass is 476 g/mol. The average molecular weight is 477 g/mol. The van der Waals surface area contributed by atoms with Crippen molar-refractivity contribution in [1.82, 2.24) is 19.3 Å². The molecule has 1 saturated heterocycles. The van der Waals surface area contributed by atoms with Gasteiger partial charge >= 0.3 is 5.56 Å². The van der Waals surface area contributed by atoms with Crippen LogP contribution in [0.4, 0.5) is 5.82 Å². The summed E-state index contributed by atoms with van der Waals surface area (Å²) in [6, 6.07) is 6.00. The van der Waals surface area contributed by atoms with Gasteiger partial charge in [-0.05, 0) is 39.2 Å². The molecule has 1 aliphatic carbocycles. The summed E-state index contributed by atoms with van der Waals surface area (Å²) < 4.78 is 14.9. The number of fused-ring (bicyclic) bond motifs is 1. The molecule has 35 heavy (non-hydrogen) atoms. The van der Waals surface area contributed by atoms with Gasteiger partial charge in [0.15, 0.2) is 5.75 Å². The number of hydrogen-bond acceptors (Lipinski definition) is 7. The van der Waals surface area contributed by atoms with Crippen LogP contribution in [0, 0.1) is 17.2 Å². The Kier molecular flexibility index (Phi) is 5.81. The Morgan fingerprint density at radius 3 is 2.86 bits per heavy atom. The first kappa shape index (κ1) is 23.1. The number of carbonyl (C=O) groups is 1. The van der Waals surface area contributed by atoms with E-state index in [9.17, 15) is 14.9 Å². The highest BCUT2D eigenvalue weighted by Gasteiger charge is 2.36. The smallest absolute Gasteiger partial charge is 0.309 e. The minimum Gasteiger partial charge on any atom is -0.488 e. The summed E-state index contributed by atoms with van der Waals surface area (Å²) in [6.45, 7) is 6.54. The lowest BCUT2D eigenvalue weighted by atomic mass is 9.81. The molecule has 182 valence electrons. The maximum Gasteiger partial charge on any atom is 0.309 e. The van der Waals surface area contributed by atoms with E-state index < -0.39 is 5.54 Å². The minimum absolute atomic E-state index is 0.0411. The second-order valence-corrected chi connectivity index (χ2v) is 9.51. The lowest BCUT2D eigenvalue weighted by Gasteiger charge is -2.32. The molecule has 1 saturated carbocycles.